The molecule has 0 bridgehead atoms. The molecule has 2 heterocycles. The van der Waals surface area contributed by atoms with E-state index in [-0.39, 0.29) is 11.7 Å². The number of benzene rings is 2. The van der Waals surface area contributed by atoms with E-state index in [1.165, 1.54) is 12.1 Å². The Hall–Kier alpha value is -2.86. The topological polar surface area (TPSA) is 41.4 Å². The lowest BCUT2D eigenvalue weighted by molar-refractivity contribution is 0.0746. The fourth-order valence-electron chi connectivity index (χ4n) is 3.64. The molecule has 2 aromatic carbocycles. The second-order valence-corrected chi connectivity index (χ2v) is 7.51. The molecule has 0 saturated carbocycles. The molecule has 0 atom stereocenters. The highest BCUT2D eigenvalue weighted by Crippen LogP contribution is 2.24. The number of nitrogens with zero attached hydrogens (tertiary/aromatic N) is 4. The highest BCUT2D eigenvalue weighted by molar-refractivity contribution is 6.33. The number of hydrogen-bond donors (Lipinski definition) is 0. The van der Waals surface area contributed by atoms with Crippen LogP contribution < -0.4 is 4.90 Å². The van der Waals surface area contributed by atoms with Crippen molar-refractivity contribution in [3.05, 3.63) is 82.4 Å². The van der Waals surface area contributed by atoms with Crippen LogP contribution in [-0.2, 0) is 6.54 Å². The second kappa shape index (κ2) is 8.25. The normalized spacial score (nSPS) is 14.3. The van der Waals surface area contributed by atoms with Crippen molar-refractivity contribution in [3.8, 4) is 0 Å². The SMILES string of the molecule is Cc1nn(Cc2ccccc2)c(Cl)c1C(=O)N1CCN(c2ccc(F)cc2)CC1. The van der Waals surface area contributed by atoms with Crippen molar-refractivity contribution in [1.82, 2.24) is 14.7 Å². The number of aryl methyl sites for hydroxylation is 1. The molecule has 29 heavy (non-hydrogen) atoms. The molecule has 4 rings (SSSR count). The number of amides is 1. The van der Waals surface area contributed by atoms with Gasteiger partial charge in [0.2, 0.25) is 0 Å². The third kappa shape index (κ3) is 4.12. The Labute approximate surface area is 174 Å². The number of anilines is 1. The molecular formula is C22H22ClFN4O. The van der Waals surface area contributed by atoms with Crippen molar-refractivity contribution in [2.24, 2.45) is 0 Å². The summed E-state index contributed by atoms with van der Waals surface area (Å²) in [4.78, 5) is 17.1. The number of aromatic nitrogens is 2. The van der Waals surface area contributed by atoms with Gasteiger partial charge in [0.1, 0.15) is 11.0 Å². The van der Waals surface area contributed by atoms with E-state index >= 15 is 0 Å². The largest absolute Gasteiger partial charge is 0.368 e. The molecule has 7 heteroatoms. The third-order valence-corrected chi connectivity index (χ3v) is 5.60. The zero-order valence-corrected chi connectivity index (χ0v) is 16.9. The van der Waals surface area contributed by atoms with Crippen LogP contribution in [0.25, 0.3) is 0 Å². The Morgan fingerprint density at radius 3 is 2.34 bits per heavy atom. The zero-order chi connectivity index (χ0) is 20.4. The second-order valence-electron chi connectivity index (χ2n) is 7.15. The lowest BCUT2D eigenvalue weighted by atomic mass is 10.2. The molecule has 1 aromatic heterocycles. The maximum atomic E-state index is 13.1. The van der Waals surface area contributed by atoms with Crippen LogP contribution in [-0.4, -0.2) is 46.8 Å². The predicted molar refractivity (Wildman–Crippen MR) is 112 cm³/mol. The third-order valence-electron chi connectivity index (χ3n) is 5.21. The van der Waals surface area contributed by atoms with Gasteiger partial charge in [-0.3, -0.25) is 4.79 Å². The van der Waals surface area contributed by atoms with Crippen LogP contribution in [0.4, 0.5) is 10.1 Å². The minimum atomic E-state index is -0.250. The fourth-order valence-corrected chi connectivity index (χ4v) is 3.95. The van der Waals surface area contributed by atoms with Gasteiger partial charge in [-0.15, -0.1) is 0 Å². The molecule has 1 aliphatic rings. The first-order chi connectivity index (χ1) is 14.0. The van der Waals surface area contributed by atoms with Gasteiger partial charge in [-0.2, -0.15) is 5.10 Å². The Balaban J connectivity index is 1.45. The number of piperazine rings is 1. The van der Waals surface area contributed by atoms with Crippen LogP contribution in [0.5, 0.6) is 0 Å². The van der Waals surface area contributed by atoms with Crippen molar-refractivity contribution in [1.29, 1.82) is 0 Å². The van der Waals surface area contributed by atoms with Gasteiger partial charge < -0.3 is 9.80 Å². The molecule has 0 spiro atoms. The summed E-state index contributed by atoms with van der Waals surface area (Å²) in [5.41, 5.74) is 3.14. The van der Waals surface area contributed by atoms with E-state index in [2.05, 4.69) is 10.00 Å². The van der Waals surface area contributed by atoms with Crippen LogP contribution in [0.15, 0.2) is 54.6 Å². The predicted octanol–water partition coefficient (Wildman–Crippen LogP) is 3.99. The quantitative estimate of drug-likeness (QED) is 0.650. The summed E-state index contributed by atoms with van der Waals surface area (Å²) >= 11 is 6.54. The van der Waals surface area contributed by atoms with Crippen LogP contribution in [0.2, 0.25) is 5.15 Å². The summed E-state index contributed by atoms with van der Waals surface area (Å²) in [6.45, 7) is 4.87. The van der Waals surface area contributed by atoms with Gasteiger partial charge in [0.15, 0.2) is 0 Å². The summed E-state index contributed by atoms with van der Waals surface area (Å²) in [5.74, 6) is -0.342. The maximum Gasteiger partial charge on any atom is 0.259 e. The van der Waals surface area contributed by atoms with Gasteiger partial charge in [-0.1, -0.05) is 41.9 Å². The molecule has 0 unspecified atom stereocenters. The summed E-state index contributed by atoms with van der Waals surface area (Å²) in [6, 6.07) is 16.3. The Bertz CT molecular complexity index is 996. The number of halogens is 2. The van der Waals surface area contributed by atoms with Crippen molar-refractivity contribution in [3.63, 3.8) is 0 Å². The summed E-state index contributed by atoms with van der Waals surface area (Å²) in [7, 11) is 0. The lowest BCUT2D eigenvalue weighted by Crippen LogP contribution is -2.49. The molecule has 3 aromatic rings. The highest BCUT2D eigenvalue weighted by atomic mass is 35.5. The van der Waals surface area contributed by atoms with E-state index in [0.29, 0.717) is 49.1 Å². The van der Waals surface area contributed by atoms with Crippen LogP contribution in [0.3, 0.4) is 0 Å². The average Bonchev–Trinajstić information content (AvgIpc) is 3.02. The van der Waals surface area contributed by atoms with Gasteiger partial charge in [0.05, 0.1) is 17.8 Å². The number of rotatable bonds is 4. The van der Waals surface area contributed by atoms with Crippen molar-refractivity contribution >= 4 is 23.2 Å². The first kappa shape index (κ1) is 19.5. The van der Waals surface area contributed by atoms with Crippen LogP contribution in [0.1, 0.15) is 21.6 Å². The van der Waals surface area contributed by atoms with Crippen LogP contribution in [0, 0.1) is 12.7 Å². The standard InChI is InChI=1S/C22H22ClFN4O/c1-16-20(21(23)28(25-16)15-17-5-3-2-4-6-17)22(29)27-13-11-26(12-14-27)19-9-7-18(24)8-10-19/h2-10H,11-15H2,1H3. The Kier molecular flexibility index (Phi) is 5.53. The summed E-state index contributed by atoms with van der Waals surface area (Å²) in [6.07, 6.45) is 0. The molecule has 0 aliphatic carbocycles. The smallest absolute Gasteiger partial charge is 0.259 e. The molecule has 0 radical (unpaired) electrons. The lowest BCUT2D eigenvalue weighted by Gasteiger charge is -2.36. The van der Waals surface area contributed by atoms with Crippen LogP contribution >= 0.6 is 11.6 Å². The van der Waals surface area contributed by atoms with E-state index in [9.17, 15) is 9.18 Å². The molecule has 1 aliphatic heterocycles. The molecule has 1 amide bonds. The number of carbonyl (C=O) groups excluding carboxylic acids is 1. The van der Waals surface area contributed by atoms with Crippen molar-refractivity contribution in [2.75, 3.05) is 31.1 Å². The average molecular weight is 413 g/mol. The van der Waals surface area contributed by atoms with E-state index in [1.54, 1.807) is 16.8 Å². The molecule has 0 N–H and O–H groups in total. The van der Waals surface area contributed by atoms with E-state index in [1.807, 2.05) is 42.2 Å². The van der Waals surface area contributed by atoms with Gasteiger partial charge in [0.25, 0.3) is 5.91 Å². The Morgan fingerprint density at radius 2 is 1.69 bits per heavy atom. The van der Waals surface area contributed by atoms with Gasteiger partial charge >= 0.3 is 0 Å². The molecule has 5 nitrogen and oxygen atoms in total. The number of carbonyl (C=O) groups is 1. The molecule has 1 saturated heterocycles. The van der Waals surface area contributed by atoms with Crippen molar-refractivity contribution in [2.45, 2.75) is 13.5 Å². The Morgan fingerprint density at radius 1 is 1.03 bits per heavy atom. The maximum absolute atomic E-state index is 13.1. The fraction of sp³-hybridized carbons (Fsp3) is 0.273. The number of hydrogen-bond acceptors (Lipinski definition) is 3. The summed E-state index contributed by atoms with van der Waals surface area (Å²) < 4.78 is 14.8. The molecule has 1 fully saturated rings. The van der Waals surface area contributed by atoms with E-state index < -0.39 is 0 Å². The first-order valence-electron chi connectivity index (χ1n) is 9.59. The minimum Gasteiger partial charge on any atom is -0.368 e. The van der Waals surface area contributed by atoms with E-state index in [0.717, 1.165) is 11.3 Å². The molecule has 150 valence electrons. The zero-order valence-electron chi connectivity index (χ0n) is 16.2. The highest BCUT2D eigenvalue weighted by Gasteiger charge is 2.28. The minimum absolute atomic E-state index is 0.0921. The summed E-state index contributed by atoms with van der Waals surface area (Å²) in [5, 5.41) is 4.86. The van der Waals surface area contributed by atoms with E-state index in [4.69, 9.17) is 11.6 Å². The molecular weight excluding hydrogens is 391 g/mol. The van der Waals surface area contributed by atoms with Gasteiger partial charge in [0, 0.05) is 31.9 Å². The first-order valence-corrected chi connectivity index (χ1v) is 9.97. The monoisotopic (exact) mass is 412 g/mol. The van der Waals surface area contributed by atoms with Gasteiger partial charge in [-0.05, 0) is 36.8 Å². The van der Waals surface area contributed by atoms with Crippen molar-refractivity contribution < 1.29 is 9.18 Å². The van der Waals surface area contributed by atoms with Gasteiger partial charge in [-0.25, -0.2) is 9.07 Å².